The van der Waals surface area contributed by atoms with E-state index in [-0.39, 0.29) is 11.7 Å². The van der Waals surface area contributed by atoms with Crippen LogP contribution >= 0.6 is 0 Å². The summed E-state index contributed by atoms with van der Waals surface area (Å²) < 4.78 is 0. The van der Waals surface area contributed by atoms with E-state index in [1.807, 2.05) is 30.3 Å². The van der Waals surface area contributed by atoms with Crippen LogP contribution in [-0.4, -0.2) is 15.8 Å². The van der Waals surface area contributed by atoms with Crippen LogP contribution in [0.5, 0.6) is 0 Å². The van der Waals surface area contributed by atoms with E-state index in [1.165, 1.54) is 0 Å². The second kappa shape index (κ2) is 5.52. The fourth-order valence-electron chi connectivity index (χ4n) is 4.07. The van der Waals surface area contributed by atoms with Crippen molar-refractivity contribution in [1.82, 2.24) is 9.97 Å². The molecule has 0 radical (unpaired) electrons. The van der Waals surface area contributed by atoms with Crippen molar-refractivity contribution in [2.75, 3.05) is 5.32 Å². The number of fused-ring (bicyclic) bond motifs is 3. The average molecular weight is 327 g/mol. The first-order valence-electron chi connectivity index (χ1n) is 8.65. The van der Waals surface area contributed by atoms with Crippen molar-refractivity contribution in [3.05, 3.63) is 77.4 Å². The molecule has 5 rings (SSSR count). The Hall–Kier alpha value is -3.01. The number of rotatable bonds is 1. The Morgan fingerprint density at radius 1 is 0.960 bits per heavy atom. The fraction of sp³-hybridized carbons (Fsp3) is 0.190. The lowest BCUT2D eigenvalue weighted by atomic mass is 9.76. The number of allylic oxidation sites excluding steroid dienone is 2. The summed E-state index contributed by atoms with van der Waals surface area (Å²) in [5, 5.41) is 4.60. The Balaban J connectivity index is 1.85. The van der Waals surface area contributed by atoms with Crippen LogP contribution in [0.4, 0.5) is 5.69 Å². The molecule has 0 spiro atoms. The zero-order valence-electron chi connectivity index (χ0n) is 13.7. The van der Waals surface area contributed by atoms with Gasteiger partial charge in [-0.15, -0.1) is 0 Å². The van der Waals surface area contributed by atoms with E-state index < -0.39 is 0 Å². The molecule has 1 aliphatic heterocycles. The normalized spacial score (nSPS) is 19.4. The monoisotopic (exact) mass is 327 g/mol. The maximum Gasteiger partial charge on any atom is 0.161 e. The summed E-state index contributed by atoms with van der Waals surface area (Å²) in [6.45, 7) is 0. The highest BCUT2D eigenvalue weighted by Crippen LogP contribution is 2.47. The van der Waals surface area contributed by atoms with Crippen molar-refractivity contribution in [3.63, 3.8) is 0 Å². The molecule has 2 aliphatic rings. The Bertz CT molecular complexity index is 1020. The zero-order chi connectivity index (χ0) is 16.8. The molecule has 0 unspecified atom stereocenters. The van der Waals surface area contributed by atoms with Gasteiger partial charge in [-0.1, -0.05) is 12.1 Å². The van der Waals surface area contributed by atoms with Gasteiger partial charge in [-0.2, -0.15) is 0 Å². The highest BCUT2D eigenvalue weighted by atomic mass is 16.1. The lowest BCUT2D eigenvalue weighted by Gasteiger charge is -2.34. The first kappa shape index (κ1) is 14.3. The lowest BCUT2D eigenvalue weighted by Crippen LogP contribution is -2.27. The summed E-state index contributed by atoms with van der Waals surface area (Å²) in [7, 11) is 0. The van der Waals surface area contributed by atoms with Crippen molar-refractivity contribution in [2.24, 2.45) is 0 Å². The van der Waals surface area contributed by atoms with Gasteiger partial charge in [-0.3, -0.25) is 14.8 Å². The predicted octanol–water partition coefficient (Wildman–Crippen LogP) is 4.19. The van der Waals surface area contributed by atoms with Gasteiger partial charge in [0.15, 0.2) is 5.78 Å². The molecule has 0 bridgehead atoms. The Labute approximate surface area is 145 Å². The number of carbonyl (C=O) groups is 1. The van der Waals surface area contributed by atoms with E-state index in [9.17, 15) is 4.79 Å². The minimum absolute atomic E-state index is 0.131. The lowest BCUT2D eigenvalue weighted by molar-refractivity contribution is -0.116. The number of hydrogen-bond acceptors (Lipinski definition) is 4. The maximum atomic E-state index is 12.8. The molecule has 122 valence electrons. The SMILES string of the molecule is O=C1CCCC2=C1[C@H](c1ccccn1)c1c(ccc3ncccc13)N2. The third kappa shape index (κ3) is 2.18. The van der Waals surface area contributed by atoms with Crippen LogP contribution in [-0.2, 0) is 4.79 Å². The van der Waals surface area contributed by atoms with Crippen LogP contribution < -0.4 is 5.32 Å². The molecule has 0 saturated carbocycles. The number of Topliss-reactive ketones (excluding diaryl/α,β-unsaturated/α-hetero) is 1. The first-order valence-corrected chi connectivity index (χ1v) is 8.65. The average Bonchev–Trinajstić information content (AvgIpc) is 2.67. The van der Waals surface area contributed by atoms with Gasteiger partial charge in [0.1, 0.15) is 0 Å². The molecule has 1 atom stereocenters. The molecule has 0 fully saturated rings. The third-order valence-corrected chi connectivity index (χ3v) is 5.13. The van der Waals surface area contributed by atoms with E-state index in [4.69, 9.17) is 0 Å². The standard InChI is InChI=1S/C21H17N3O/c25-18-8-3-7-16-20(18)21(15-6-1-2-11-23-15)19-13-5-4-12-22-14(13)9-10-17(19)24-16/h1-2,4-6,9-12,21,24H,3,7-8H2/t21-/m1/s1. The number of aromatic nitrogens is 2. The molecule has 3 heterocycles. The van der Waals surface area contributed by atoms with Gasteiger partial charge in [0.05, 0.1) is 17.1 Å². The van der Waals surface area contributed by atoms with E-state index in [1.54, 1.807) is 12.4 Å². The van der Waals surface area contributed by atoms with Crippen molar-refractivity contribution < 1.29 is 4.79 Å². The van der Waals surface area contributed by atoms with Crippen molar-refractivity contribution >= 4 is 22.4 Å². The smallest absolute Gasteiger partial charge is 0.161 e. The van der Waals surface area contributed by atoms with Crippen LogP contribution in [0, 0.1) is 0 Å². The summed E-state index contributed by atoms with van der Waals surface area (Å²) in [5.74, 6) is 0.101. The molecule has 25 heavy (non-hydrogen) atoms. The molecule has 1 N–H and O–H groups in total. The molecular weight excluding hydrogens is 310 g/mol. The van der Waals surface area contributed by atoms with Crippen molar-refractivity contribution in [3.8, 4) is 0 Å². The van der Waals surface area contributed by atoms with E-state index in [0.717, 1.165) is 52.0 Å². The first-order chi connectivity index (χ1) is 12.3. The summed E-state index contributed by atoms with van der Waals surface area (Å²) in [6.07, 6.45) is 6.03. The highest BCUT2D eigenvalue weighted by molar-refractivity contribution is 6.03. The largest absolute Gasteiger partial charge is 0.358 e. The van der Waals surface area contributed by atoms with Gasteiger partial charge < -0.3 is 5.32 Å². The number of pyridine rings is 2. The molecule has 0 amide bonds. The number of nitrogens with one attached hydrogen (secondary N) is 1. The van der Waals surface area contributed by atoms with Gasteiger partial charge >= 0.3 is 0 Å². The number of benzene rings is 1. The Morgan fingerprint density at radius 2 is 1.88 bits per heavy atom. The quantitative estimate of drug-likeness (QED) is 0.728. The van der Waals surface area contributed by atoms with Gasteiger partial charge in [-0.25, -0.2) is 0 Å². The highest BCUT2D eigenvalue weighted by Gasteiger charge is 2.36. The number of ketones is 1. The fourth-order valence-corrected chi connectivity index (χ4v) is 4.07. The van der Waals surface area contributed by atoms with Gasteiger partial charge in [0.25, 0.3) is 0 Å². The molecular formula is C21H17N3O. The van der Waals surface area contributed by atoms with E-state index >= 15 is 0 Å². The number of hydrogen-bond donors (Lipinski definition) is 1. The summed E-state index contributed by atoms with van der Waals surface area (Å²) in [5.41, 5.74) is 5.97. The predicted molar refractivity (Wildman–Crippen MR) is 97.3 cm³/mol. The number of nitrogens with zero attached hydrogens (tertiary/aromatic N) is 2. The number of anilines is 1. The van der Waals surface area contributed by atoms with Crippen LogP contribution in [0.1, 0.15) is 36.4 Å². The zero-order valence-corrected chi connectivity index (χ0v) is 13.7. The van der Waals surface area contributed by atoms with E-state index in [2.05, 4.69) is 27.4 Å². The molecule has 4 nitrogen and oxygen atoms in total. The van der Waals surface area contributed by atoms with Crippen LogP contribution in [0.25, 0.3) is 10.9 Å². The molecule has 3 aromatic rings. The molecule has 1 aliphatic carbocycles. The van der Waals surface area contributed by atoms with Crippen molar-refractivity contribution in [1.29, 1.82) is 0 Å². The van der Waals surface area contributed by atoms with Gasteiger partial charge in [-0.05, 0) is 48.7 Å². The third-order valence-electron chi connectivity index (χ3n) is 5.13. The molecule has 0 saturated heterocycles. The van der Waals surface area contributed by atoms with Gasteiger partial charge in [0, 0.05) is 41.2 Å². The Kier molecular flexibility index (Phi) is 3.17. The van der Waals surface area contributed by atoms with Gasteiger partial charge in [0.2, 0.25) is 0 Å². The van der Waals surface area contributed by atoms with E-state index in [0.29, 0.717) is 6.42 Å². The van der Waals surface area contributed by atoms with Crippen LogP contribution in [0.2, 0.25) is 0 Å². The summed E-state index contributed by atoms with van der Waals surface area (Å²) >= 11 is 0. The van der Waals surface area contributed by atoms with Crippen LogP contribution in [0.3, 0.4) is 0 Å². The maximum absolute atomic E-state index is 12.8. The summed E-state index contributed by atoms with van der Waals surface area (Å²) in [4.78, 5) is 21.9. The summed E-state index contributed by atoms with van der Waals surface area (Å²) in [6, 6.07) is 14.1. The topological polar surface area (TPSA) is 54.9 Å². The second-order valence-corrected chi connectivity index (χ2v) is 6.58. The molecule has 1 aromatic carbocycles. The second-order valence-electron chi connectivity index (χ2n) is 6.58. The number of carbonyl (C=O) groups excluding carboxylic acids is 1. The molecule has 2 aromatic heterocycles. The minimum atomic E-state index is -0.131. The van der Waals surface area contributed by atoms with Crippen LogP contribution in [0.15, 0.2) is 66.1 Å². The van der Waals surface area contributed by atoms with Crippen molar-refractivity contribution in [2.45, 2.75) is 25.2 Å². The minimum Gasteiger partial charge on any atom is -0.358 e. The Morgan fingerprint density at radius 3 is 2.76 bits per heavy atom. The molecule has 4 heteroatoms.